The third-order valence-electron chi connectivity index (χ3n) is 4.03. The molecule has 1 aromatic rings. The van der Waals surface area contributed by atoms with E-state index in [-0.39, 0.29) is 28.4 Å². The van der Waals surface area contributed by atoms with Crippen molar-refractivity contribution in [2.45, 2.75) is 38.5 Å². The Morgan fingerprint density at radius 2 is 1.96 bits per heavy atom. The SMILES string of the molecule is Cc1cccc(C)c1NC(=O)[C@H](C)OC(=O)CS[C@@H]1CCS(=O)(=O)C1. The molecule has 0 saturated carbocycles. The molecule has 1 amide bonds. The van der Waals surface area contributed by atoms with Gasteiger partial charge in [0.05, 0.1) is 17.3 Å². The molecule has 1 fully saturated rings. The van der Waals surface area contributed by atoms with Crippen LogP contribution in [0.2, 0.25) is 0 Å². The molecule has 2 atom stereocenters. The number of carbonyl (C=O) groups is 2. The number of hydrogen-bond donors (Lipinski definition) is 1. The molecule has 2 rings (SSSR count). The minimum absolute atomic E-state index is 0.0429. The first kappa shape index (κ1) is 19.8. The molecule has 0 unspecified atom stereocenters. The zero-order chi connectivity index (χ0) is 18.6. The Bertz CT molecular complexity index is 740. The number of hydrogen-bond acceptors (Lipinski definition) is 6. The van der Waals surface area contributed by atoms with E-state index in [1.807, 2.05) is 32.0 Å². The van der Waals surface area contributed by atoms with Gasteiger partial charge in [-0.1, -0.05) is 18.2 Å². The van der Waals surface area contributed by atoms with E-state index in [0.717, 1.165) is 16.8 Å². The second-order valence-corrected chi connectivity index (χ2v) is 9.74. The lowest BCUT2D eigenvalue weighted by atomic mass is 10.1. The lowest BCUT2D eigenvalue weighted by molar-refractivity contribution is -0.150. The molecule has 25 heavy (non-hydrogen) atoms. The van der Waals surface area contributed by atoms with Gasteiger partial charge in [-0.2, -0.15) is 0 Å². The highest BCUT2D eigenvalue weighted by Crippen LogP contribution is 2.24. The molecule has 0 spiro atoms. The maximum absolute atomic E-state index is 12.2. The summed E-state index contributed by atoms with van der Waals surface area (Å²) in [7, 11) is -2.96. The smallest absolute Gasteiger partial charge is 0.316 e. The number of thioether (sulfide) groups is 1. The zero-order valence-electron chi connectivity index (χ0n) is 14.6. The maximum Gasteiger partial charge on any atom is 0.316 e. The van der Waals surface area contributed by atoms with Gasteiger partial charge in [0.1, 0.15) is 0 Å². The van der Waals surface area contributed by atoms with Gasteiger partial charge in [0, 0.05) is 10.9 Å². The summed E-state index contributed by atoms with van der Waals surface area (Å²) in [5.74, 6) is -0.582. The Labute approximate surface area is 152 Å². The van der Waals surface area contributed by atoms with Gasteiger partial charge in [-0.15, -0.1) is 11.8 Å². The van der Waals surface area contributed by atoms with Gasteiger partial charge in [0.15, 0.2) is 15.9 Å². The molecular formula is C17H23NO5S2. The van der Waals surface area contributed by atoms with Crippen LogP contribution in [-0.4, -0.2) is 48.9 Å². The number of aryl methyl sites for hydroxylation is 2. The summed E-state index contributed by atoms with van der Waals surface area (Å²) in [5, 5.41) is 2.72. The number of ether oxygens (including phenoxy) is 1. The number of carbonyl (C=O) groups excluding carboxylic acids is 2. The summed E-state index contributed by atoms with van der Waals surface area (Å²) in [4.78, 5) is 24.1. The predicted octanol–water partition coefficient (Wildman–Crippen LogP) is 2.09. The highest BCUT2D eigenvalue weighted by atomic mass is 32.2. The third kappa shape index (κ3) is 5.74. The fourth-order valence-corrected chi connectivity index (χ4v) is 6.02. The lowest BCUT2D eigenvalue weighted by Crippen LogP contribution is -2.31. The van der Waals surface area contributed by atoms with E-state index in [9.17, 15) is 18.0 Å². The fourth-order valence-electron chi connectivity index (χ4n) is 2.60. The number of rotatable bonds is 6. The van der Waals surface area contributed by atoms with Gasteiger partial charge in [-0.05, 0) is 38.3 Å². The molecule has 0 aromatic heterocycles. The average Bonchev–Trinajstić information content (AvgIpc) is 2.88. The number of amides is 1. The Morgan fingerprint density at radius 1 is 1.32 bits per heavy atom. The van der Waals surface area contributed by atoms with Gasteiger partial charge in [0.2, 0.25) is 0 Å². The van der Waals surface area contributed by atoms with Crippen LogP contribution in [0.1, 0.15) is 24.5 Å². The number of benzene rings is 1. The van der Waals surface area contributed by atoms with Crippen LogP contribution in [0.4, 0.5) is 5.69 Å². The molecule has 138 valence electrons. The van der Waals surface area contributed by atoms with Crippen LogP contribution < -0.4 is 5.32 Å². The van der Waals surface area contributed by atoms with Crippen molar-refractivity contribution >= 4 is 39.2 Å². The molecule has 0 radical (unpaired) electrons. The molecular weight excluding hydrogens is 362 g/mol. The Morgan fingerprint density at radius 3 is 2.52 bits per heavy atom. The number of nitrogens with one attached hydrogen (secondary N) is 1. The van der Waals surface area contributed by atoms with Crippen molar-refractivity contribution in [3.63, 3.8) is 0 Å². The molecule has 1 aliphatic heterocycles. The molecule has 1 N–H and O–H groups in total. The first-order valence-electron chi connectivity index (χ1n) is 8.06. The number of sulfone groups is 1. The van der Waals surface area contributed by atoms with Crippen molar-refractivity contribution in [2.24, 2.45) is 0 Å². The van der Waals surface area contributed by atoms with Crippen LogP contribution in [0.25, 0.3) is 0 Å². The van der Waals surface area contributed by atoms with Crippen molar-refractivity contribution in [3.8, 4) is 0 Å². The van der Waals surface area contributed by atoms with E-state index in [1.54, 1.807) is 0 Å². The predicted molar refractivity (Wildman–Crippen MR) is 99.6 cm³/mol. The highest BCUT2D eigenvalue weighted by Gasteiger charge is 2.29. The van der Waals surface area contributed by atoms with Crippen LogP contribution in [0, 0.1) is 13.8 Å². The number of anilines is 1. The molecule has 0 bridgehead atoms. The summed E-state index contributed by atoms with van der Waals surface area (Å²) in [6.07, 6.45) is -0.359. The van der Waals surface area contributed by atoms with Gasteiger partial charge < -0.3 is 10.1 Å². The van der Waals surface area contributed by atoms with Crippen molar-refractivity contribution in [3.05, 3.63) is 29.3 Å². The largest absolute Gasteiger partial charge is 0.452 e. The standard InChI is InChI=1S/C17H23NO5S2/c1-11-5-4-6-12(2)16(11)18-17(20)13(3)23-15(19)9-24-14-7-8-25(21,22)10-14/h4-6,13-14H,7-10H2,1-3H3,(H,18,20)/t13-,14+/m0/s1. The van der Waals surface area contributed by atoms with Crippen molar-refractivity contribution in [2.75, 3.05) is 22.6 Å². The first-order valence-corrected chi connectivity index (χ1v) is 10.9. The van der Waals surface area contributed by atoms with Gasteiger partial charge in [-0.25, -0.2) is 8.42 Å². The molecule has 8 heteroatoms. The minimum Gasteiger partial charge on any atom is -0.452 e. The summed E-state index contributed by atoms with van der Waals surface area (Å²) < 4.78 is 28.0. The summed E-state index contributed by atoms with van der Waals surface area (Å²) in [5.41, 5.74) is 2.59. The van der Waals surface area contributed by atoms with Crippen LogP contribution in [0.5, 0.6) is 0 Å². The second kappa shape index (κ2) is 8.23. The van der Waals surface area contributed by atoms with E-state index in [1.165, 1.54) is 18.7 Å². The Kier molecular flexibility index (Phi) is 6.51. The number of esters is 1. The van der Waals surface area contributed by atoms with Gasteiger partial charge in [0.25, 0.3) is 5.91 Å². The molecule has 6 nitrogen and oxygen atoms in total. The van der Waals surface area contributed by atoms with Gasteiger partial charge >= 0.3 is 5.97 Å². The quantitative estimate of drug-likeness (QED) is 0.754. The molecule has 1 saturated heterocycles. The van der Waals surface area contributed by atoms with Crippen molar-refractivity contribution in [1.82, 2.24) is 0 Å². The second-order valence-electron chi connectivity index (χ2n) is 6.22. The van der Waals surface area contributed by atoms with Crippen LogP contribution in [0.3, 0.4) is 0 Å². The lowest BCUT2D eigenvalue weighted by Gasteiger charge is -2.16. The Balaban J connectivity index is 1.81. The number of para-hydroxylation sites is 1. The first-order chi connectivity index (χ1) is 11.7. The summed E-state index contributed by atoms with van der Waals surface area (Å²) in [6.45, 7) is 5.31. The molecule has 1 heterocycles. The van der Waals surface area contributed by atoms with Crippen LogP contribution >= 0.6 is 11.8 Å². The fraction of sp³-hybridized carbons (Fsp3) is 0.529. The topological polar surface area (TPSA) is 89.5 Å². The molecule has 1 aromatic carbocycles. The van der Waals surface area contributed by atoms with Crippen LogP contribution in [-0.2, 0) is 24.2 Å². The van der Waals surface area contributed by atoms with E-state index < -0.39 is 21.9 Å². The summed E-state index contributed by atoms with van der Waals surface area (Å²) in [6, 6.07) is 5.70. The average molecular weight is 386 g/mol. The normalized spacial score (nSPS) is 20.0. The van der Waals surface area contributed by atoms with Crippen LogP contribution in [0.15, 0.2) is 18.2 Å². The maximum atomic E-state index is 12.2. The van der Waals surface area contributed by atoms with Crippen molar-refractivity contribution in [1.29, 1.82) is 0 Å². The molecule has 0 aliphatic carbocycles. The highest BCUT2D eigenvalue weighted by molar-refractivity contribution is 8.02. The summed E-state index contributed by atoms with van der Waals surface area (Å²) >= 11 is 1.27. The zero-order valence-corrected chi connectivity index (χ0v) is 16.2. The van der Waals surface area contributed by atoms with E-state index >= 15 is 0 Å². The minimum atomic E-state index is -2.96. The monoisotopic (exact) mass is 385 g/mol. The van der Waals surface area contributed by atoms with E-state index in [0.29, 0.717) is 6.42 Å². The van der Waals surface area contributed by atoms with E-state index in [2.05, 4.69) is 5.32 Å². The Hall–Kier alpha value is -1.54. The van der Waals surface area contributed by atoms with Crippen molar-refractivity contribution < 1.29 is 22.7 Å². The van der Waals surface area contributed by atoms with E-state index in [4.69, 9.17) is 4.74 Å². The molecule has 1 aliphatic rings. The van der Waals surface area contributed by atoms with Gasteiger partial charge in [-0.3, -0.25) is 9.59 Å². The third-order valence-corrected chi connectivity index (χ3v) is 7.29.